The first-order valence-corrected chi connectivity index (χ1v) is 18.0. The molecule has 0 amide bonds. The predicted molar refractivity (Wildman–Crippen MR) is 196 cm³/mol. The Balaban J connectivity index is 1.22. The summed E-state index contributed by atoms with van der Waals surface area (Å²) in [5, 5.41) is 0. The zero-order valence-corrected chi connectivity index (χ0v) is 30.2. The monoisotopic (exact) mass is 821 g/mol. The van der Waals surface area contributed by atoms with Crippen LogP contribution in [0.3, 0.4) is 0 Å². The van der Waals surface area contributed by atoms with Gasteiger partial charge in [0.05, 0.1) is 0 Å². The van der Waals surface area contributed by atoms with E-state index in [1.807, 2.05) is 18.3 Å². The molecule has 8 rings (SSSR count). The number of hydrogen-bond donors (Lipinski definition) is 0. The molecule has 0 unspecified atom stereocenters. The minimum absolute atomic E-state index is 0.0973. The Kier molecular flexibility index (Phi) is 8.17. The number of pyridine rings is 1. The van der Waals surface area contributed by atoms with Crippen molar-refractivity contribution in [3.8, 4) is 34.0 Å². The number of rotatable bonds is 6. The summed E-state index contributed by atoms with van der Waals surface area (Å²) in [6.07, 6.45) is 3.96. The molecule has 6 heteroatoms. The molecule has 5 aromatic carbocycles. The van der Waals surface area contributed by atoms with Gasteiger partial charge in [-0.2, -0.15) is 0 Å². The Hall–Kier alpha value is -4.99. The molecule has 0 bridgehead atoms. The average molecular weight is 822 g/mol. The first-order chi connectivity index (χ1) is 23.8. The van der Waals surface area contributed by atoms with Crippen LogP contribution in [0.5, 0.6) is 11.5 Å². The summed E-state index contributed by atoms with van der Waals surface area (Å²) in [4.78, 5) is 7.01. The summed E-state index contributed by atoms with van der Waals surface area (Å²) in [5.74, 6) is 2.57. The van der Waals surface area contributed by atoms with E-state index < -0.39 is 0 Å². The van der Waals surface area contributed by atoms with Gasteiger partial charge in [-0.15, -0.1) is 0 Å². The normalized spacial score (nSPS) is 13.0. The Labute approximate surface area is 298 Å². The third-order valence-corrected chi connectivity index (χ3v) is 10.3. The van der Waals surface area contributed by atoms with E-state index in [1.54, 1.807) is 0 Å². The first-order valence-electron chi connectivity index (χ1n) is 16.8. The molecule has 0 fully saturated rings. The van der Waals surface area contributed by atoms with E-state index in [9.17, 15) is 0 Å². The van der Waals surface area contributed by atoms with Crippen molar-refractivity contribution in [2.24, 2.45) is 0 Å². The first kappa shape index (κ1) is 31.3. The van der Waals surface area contributed by atoms with Crippen molar-refractivity contribution in [3.05, 3.63) is 155 Å². The number of fused-ring (bicyclic) bond motifs is 2. The average Bonchev–Trinajstić information content (AvgIpc) is 3.43. The second-order valence-corrected chi connectivity index (χ2v) is 14.6. The van der Waals surface area contributed by atoms with Crippen LogP contribution >= 0.6 is 0 Å². The number of imidazole rings is 1. The van der Waals surface area contributed by atoms with Crippen molar-refractivity contribution >= 4 is 22.5 Å². The van der Waals surface area contributed by atoms with Crippen LogP contribution in [-0.2, 0) is 31.2 Å². The fraction of sp³-hybridized carbons (Fsp3) is 0.163. The van der Waals surface area contributed by atoms with Crippen molar-refractivity contribution < 1.29 is 24.1 Å². The van der Waals surface area contributed by atoms with Gasteiger partial charge in [0.1, 0.15) is 0 Å². The summed E-state index contributed by atoms with van der Waals surface area (Å²) in [7, 11) is 0. The fourth-order valence-corrected chi connectivity index (χ4v) is 7.95. The molecule has 3 heterocycles. The number of benzene rings is 5. The molecule has 0 saturated carbocycles. The van der Waals surface area contributed by atoms with Gasteiger partial charge in [0.15, 0.2) is 0 Å². The van der Waals surface area contributed by atoms with E-state index in [2.05, 4.69) is 175 Å². The van der Waals surface area contributed by atoms with Gasteiger partial charge in [-0.3, -0.25) is 0 Å². The van der Waals surface area contributed by atoms with Crippen LogP contribution in [0, 0.1) is 3.80 Å². The molecule has 49 heavy (non-hydrogen) atoms. The van der Waals surface area contributed by atoms with Gasteiger partial charge in [0.2, 0.25) is 0 Å². The van der Waals surface area contributed by atoms with Crippen molar-refractivity contribution in [1.82, 2.24) is 14.1 Å². The number of aryl methyl sites for hydroxylation is 1. The van der Waals surface area contributed by atoms with Crippen LogP contribution in [0.15, 0.2) is 140 Å². The van der Waals surface area contributed by atoms with Crippen molar-refractivity contribution in [2.75, 3.05) is 11.4 Å². The number of nitrogens with zero attached hydrogens (tertiary/aromatic N) is 4. The molecule has 0 atom stereocenters. The van der Waals surface area contributed by atoms with Crippen LogP contribution in [0.1, 0.15) is 38.3 Å². The maximum absolute atomic E-state index is 6.90. The predicted octanol–water partition coefficient (Wildman–Crippen LogP) is 10.7. The van der Waals surface area contributed by atoms with Gasteiger partial charge in [-0.1, -0.05) is 6.07 Å². The van der Waals surface area contributed by atoms with Crippen LogP contribution in [-0.4, -0.2) is 20.7 Å². The molecule has 0 N–H and O–H groups in total. The molecule has 1 aliphatic rings. The molecule has 0 spiro atoms. The SMILES string of the molecule is CC(C)(C)c1ccc(-n2[c](=[Pt])n(-c3cccc(Oc4cc5c(cc4-c4ccccc4)CCCN5c4ccccn4)c3)c3ccccc32)cc1. The zero-order chi connectivity index (χ0) is 33.5. The zero-order valence-electron chi connectivity index (χ0n) is 27.9. The summed E-state index contributed by atoms with van der Waals surface area (Å²) < 4.78 is 12.6. The molecule has 246 valence electrons. The number of hydrogen-bond acceptors (Lipinski definition) is 3. The van der Waals surface area contributed by atoms with E-state index in [4.69, 9.17) is 9.72 Å². The molecule has 2 aromatic heterocycles. The summed E-state index contributed by atoms with van der Waals surface area (Å²) in [6, 6.07) is 47.2. The molecular formula is C43H38N4OPt. The Morgan fingerprint density at radius 3 is 2.12 bits per heavy atom. The van der Waals surface area contributed by atoms with Gasteiger partial charge in [0, 0.05) is 6.20 Å². The van der Waals surface area contributed by atoms with Gasteiger partial charge in [-0.25, -0.2) is 0 Å². The Morgan fingerprint density at radius 1 is 0.694 bits per heavy atom. The number of para-hydroxylation sites is 2. The third-order valence-electron chi connectivity index (χ3n) is 9.31. The number of anilines is 2. The summed E-state index contributed by atoms with van der Waals surface area (Å²) in [6.45, 7) is 7.68. The minimum atomic E-state index is 0.0973. The molecule has 7 aromatic rings. The van der Waals surface area contributed by atoms with E-state index >= 15 is 0 Å². The van der Waals surface area contributed by atoms with Gasteiger partial charge >= 0.3 is 281 Å². The topological polar surface area (TPSA) is 35.2 Å². The molecule has 0 radical (unpaired) electrons. The number of aromatic nitrogens is 3. The second-order valence-electron chi connectivity index (χ2n) is 13.6. The van der Waals surface area contributed by atoms with Crippen molar-refractivity contribution in [1.29, 1.82) is 0 Å². The van der Waals surface area contributed by atoms with Crippen molar-refractivity contribution in [2.45, 2.75) is 39.0 Å². The van der Waals surface area contributed by atoms with Crippen molar-refractivity contribution in [3.63, 3.8) is 0 Å². The standard InChI is InChI=1S/C43H38N4O.Pt/c1-43(2,3)33-21-23-34(24-22-33)46-30-47(39-19-8-7-18-38(39)46)35-16-11-17-36(28-35)48-41-29-40-32(27-37(41)31-13-5-4-6-14-31)15-12-26-45(40)42-20-9-10-25-44-42;/h4-11,13-14,16-25,27-29H,12,15,26H2,1-3H3;. The van der Waals surface area contributed by atoms with E-state index in [-0.39, 0.29) is 5.41 Å². The van der Waals surface area contributed by atoms with Gasteiger partial charge in [-0.05, 0) is 6.07 Å². The molecule has 5 nitrogen and oxygen atoms in total. The quantitative estimate of drug-likeness (QED) is 0.168. The summed E-state index contributed by atoms with van der Waals surface area (Å²) in [5.41, 5.74) is 10.6. The van der Waals surface area contributed by atoms with Crippen LogP contribution in [0.2, 0.25) is 0 Å². The van der Waals surface area contributed by atoms with Crippen LogP contribution in [0.25, 0.3) is 33.5 Å². The fourth-order valence-electron chi connectivity index (χ4n) is 6.82. The van der Waals surface area contributed by atoms with E-state index in [0.29, 0.717) is 0 Å². The molecule has 0 saturated heterocycles. The molecular weight excluding hydrogens is 784 g/mol. The van der Waals surface area contributed by atoms with Gasteiger partial charge in [0.25, 0.3) is 0 Å². The summed E-state index contributed by atoms with van der Waals surface area (Å²) >= 11 is 2.46. The third kappa shape index (κ3) is 5.98. The van der Waals surface area contributed by atoms with Crippen LogP contribution in [0.4, 0.5) is 11.5 Å². The second kappa shape index (κ2) is 12.8. The molecule has 0 aliphatic carbocycles. The van der Waals surface area contributed by atoms with E-state index in [0.717, 1.165) is 79.7 Å². The Bertz CT molecular complexity index is 2340. The van der Waals surface area contributed by atoms with Crippen LogP contribution < -0.4 is 9.64 Å². The Morgan fingerprint density at radius 2 is 1.41 bits per heavy atom. The van der Waals surface area contributed by atoms with Gasteiger partial charge < -0.3 is 0 Å². The number of ether oxygens (including phenoxy) is 1. The maximum atomic E-state index is 6.90. The van der Waals surface area contributed by atoms with E-state index in [1.165, 1.54) is 11.1 Å². The molecule has 1 aliphatic heterocycles.